The zero-order valence-corrected chi connectivity index (χ0v) is 13.5. The SMILES string of the molecule is CCN(CCCO)CCC(O)c1ccc(Br)cc1Cl. The Balaban J connectivity index is 2.51. The lowest BCUT2D eigenvalue weighted by Crippen LogP contribution is -2.27. The Labute approximate surface area is 128 Å². The van der Waals surface area contributed by atoms with Gasteiger partial charge in [-0.25, -0.2) is 0 Å². The number of hydrogen-bond donors (Lipinski definition) is 2. The number of nitrogens with zero attached hydrogens (tertiary/aromatic N) is 1. The van der Waals surface area contributed by atoms with E-state index in [4.69, 9.17) is 16.7 Å². The van der Waals surface area contributed by atoms with Gasteiger partial charge in [-0.15, -0.1) is 0 Å². The van der Waals surface area contributed by atoms with Crippen molar-refractivity contribution in [2.75, 3.05) is 26.2 Å². The fourth-order valence-electron chi connectivity index (χ4n) is 1.95. The van der Waals surface area contributed by atoms with E-state index in [-0.39, 0.29) is 6.61 Å². The maximum absolute atomic E-state index is 10.2. The average Bonchev–Trinajstić information content (AvgIpc) is 2.38. The summed E-state index contributed by atoms with van der Waals surface area (Å²) in [5, 5.41) is 19.6. The molecule has 1 unspecified atom stereocenters. The highest BCUT2D eigenvalue weighted by molar-refractivity contribution is 9.10. The van der Waals surface area contributed by atoms with Gasteiger partial charge < -0.3 is 15.1 Å². The van der Waals surface area contributed by atoms with Gasteiger partial charge in [0.15, 0.2) is 0 Å². The molecule has 1 rings (SSSR count). The molecule has 3 nitrogen and oxygen atoms in total. The Morgan fingerprint density at radius 2 is 2.11 bits per heavy atom. The Morgan fingerprint density at radius 1 is 1.37 bits per heavy atom. The van der Waals surface area contributed by atoms with Crippen molar-refractivity contribution in [3.8, 4) is 0 Å². The minimum atomic E-state index is -0.552. The van der Waals surface area contributed by atoms with E-state index in [0.717, 1.165) is 36.1 Å². The Hall–Kier alpha value is -0.130. The van der Waals surface area contributed by atoms with Crippen molar-refractivity contribution in [1.29, 1.82) is 0 Å². The van der Waals surface area contributed by atoms with Crippen molar-refractivity contribution in [3.05, 3.63) is 33.3 Å². The first-order chi connectivity index (χ1) is 9.08. The van der Waals surface area contributed by atoms with Gasteiger partial charge in [-0.1, -0.05) is 40.5 Å². The normalized spacial score (nSPS) is 12.9. The topological polar surface area (TPSA) is 43.7 Å². The number of rotatable bonds is 8. The fraction of sp³-hybridized carbons (Fsp3) is 0.571. The summed E-state index contributed by atoms with van der Waals surface area (Å²) in [5.74, 6) is 0. The van der Waals surface area contributed by atoms with Crippen LogP contribution in [0.3, 0.4) is 0 Å². The molecule has 0 saturated heterocycles. The molecule has 0 aromatic heterocycles. The van der Waals surface area contributed by atoms with Crippen LogP contribution >= 0.6 is 27.5 Å². The number of hydrogen-bond acceptors (Lipinski definition) is 3. The zero-order chi connectivity index (χ0) is 14.3. The van der Waals surface area contributed by atoms with Crippen LogP contribution in [0.5, 0.6) is 0 Å². The van der Waals surface area contributed by atoms with Gasteiger partial charge >= 0.3 is 0 Å². The smallest absolute Gasteiger partial charge is 0.0816 e. The van der Waals surface area contributed by atoms with Crippen LogP contribution in [0.1, 0.15) is 31.4 Å². The summed E-state index contributed by atoms with van der Waals surface area (Å²) in [6.45, 7) is 4.85. The molecule has 1 aromatic rings. The predicted octanol–water partition coefficient (Wildman–Crippen LogP) is 3.23. The third kappa shape index (κ3) is 5.79. The summed E-state index contributed by atoms with van der Waals surface area (Å²) in [7, 11) is 0. The highest BCUT2D eigenvalue weighted by atomic mass is 79.9. The number of aliphatic hydroxyl groups is 2. The molecule has 0 amide bonds. The van der Waals surface area contributed by atoms with E-state index in [9.17, 15) is 5.11 Å². The van der Waals surface area contributed by atoms with Crippen molar-refractivity contribution in [2.24, 2.45) is 0 Å². The zero-order valence-electron chi connectivity index (χ0n) is 11.1. The van der Waals surface area contributed by atoms with Gasteiger partial charge in [0, 0.05) is 29.2 Å². The first-order valence-corrected chi connectivity index (χ1v) is 7.71. The second kappa shape index (κ2) is 8.93. The van der Waals surface area contributed by atoms with Crippen LogP contribution in [0, 0.1) is 0 Å². The predicted molar refractivity (Wildman–Crippen MR) is 82.5 cm³/mol. The van der Waals surface area contributed by atoms with Gasteiger partial charge in [0.2, 0.25) is 0 Å². The van der Waals surface area contributed by atoms with Gasteiger partial charge in [-0.2, -0.15) is 0 Å². The van der Waals surface area contributed by atoms with E-state index in [1.165, 1.54) is 0 Å². The highest BCUT2D eigenvalue weighted by Crippen LogP contribution is 2.28. The van der Waals surface area contributed by atoms with Crippen molar-refractivity contribution < 1.29 is 10.2 Å². The molecule has 0 aliphatic rings. The van der Waals surface area contributed by atoms with Crippen LogP contribution in [0.4, 0.5) is 0 Å². The third-order valence-electron chi connectivity index (χ3n) is 3.12. The minimum Gasteiger partial charge on any atom is -0.396 e. The lowest BCUT2D eigenvalue weighted by atomic mass is 10.1. The molecule has 1 aromatic carbocycles. The molecule has 108 valence electrons. The van der Waals surface area contributed by atoms with Crippen molar-refractivity contribution in [2.45, 2.75) is 25.9 Å². The molecule has 0 aliphatic heterocycles. The van der Waals surface area contributed by atoms with Crippen LogP contribution in [0.25, 0.3) is 0 Å². The monoisotopic (exact) mass is 349 g/mol. The summed E-state index contributed by atoms with van der Waals surface area (Å²) < 4.78 is 0.909. The van der Waals surface area contributed by atoms with Crippen molar-refractivity contribution in [3.63, 3.8) is 0 Å². The van der Waals surface area contributed by atoms with E-state index >= 15 is 0 Å². The third-order valence-corrected chi connectivity index (χ3v) is 3.94. The van der Waals surface area contributed by atoms with Gasteiger partial charge in [-0.3, -0.25) is 0 Å². The van der Waals surface area contributed by atoms with E-state index in [1.807, 2.05) is 12.1 Å². The summed E-state index contributed by atoms with van der Waals surface area (Å²) in [6.07, 6.45) is 0.854. The number of halogens is 2. The first kappa shape index (κ1) is 16.9. The molecule has 1 atom stereocenters. The van der Waals surface area contributed by atoms with Crippen molar-refractivity contribution in [1.82, 2.24) is 4.90 Å². The molecular formula is C14H21BrClNO2. The lowest BCUT2D eigenvalue weighted by Gasteiger charge is -2.22. The molecule has 0 radical (unpaired) electrons. The van der Waals surface area contributed by atoms with Crippen LogP contribution < -0.4 is 0 Å². The number of aliphatic hydroxyl groups excluding tert-OH is 2. The molecule has 0 saturated carbocycles. The van der Waals surface area contributed by atoms with Crippen LogP contribution in [-0.4, -0.2) is 41.4 Å². The van der Waals surface area contributed by atoms with Crippen molar-refractivity contribution >= 4 is 27.5 Å². The molecule has 2 N–H and O–H groups in total. The molecule has 0 bridgehead atoms. The summed E-state index contributed by atoms with van der Waals surface area (Å²) >= 11 is 9.47. The maximum Gasteiger partial charge on any atom is 0.0816 e. The second-order valence-electron chi connectivity index (χ2n) is 4.48. The average molecular weight is 351 g/mol. The molecular weight excluding hydrogens is 330 g/mol. The van der Waals surface area contributed by atoms with E-state index in [2.05, 4.69) is 27.8 Å². The van der Waals surface area contributed by atoms with E-state index in [0.29, 0.717) is 11.4 Å². The van der Waals surface area contributed by atoms with Crippen LogP contribution in [0.15, 0.2) is 22.7 Å². The van der Waals surface area contributed by atoms with Crippen LogP contribution in [0.2, 0.25) is 5.02 Å². The second-order valence-corrected chi connectivity index (χ2v) is 5.80. The van der Waals surface area contributed by atoms with Gasteiger partial charge in [0.1, 0.15) is 0 Å². The van der Waals surface area contributed by atoms with E-state index in [1.54, 1.807) is 6.07 Å². The minimum absolute atomic E-state index is 0.206. The van der Waals surface area contributed by atoms with Gasteiger partial charge in [0.05, 0.1) is 6.10 Å². The van der Waals surface area contributed by atoms with E-state index < -0.39 is 6.10 Å². The summed E-state index contributed by atoms with van der Waals surface area (Å²) in [6, 6.07) is 5.53. The maximum atomic E-state index is 10.2. The van der Waals surface area contributed by atoms with Gasteiger partial charge in [-0.05, 0) is 37.1 Å². The Kier molecular flexibility index (Phi) is 7.95. The van der Waals surface area contributed by atoms with Crippen LogP contribution in [-0.2, 0) is 0 Å². The standard InChI is InChI=1S/C14H21BrClNO2/c1-2-17(7-3-9-18)8-6-14(19)12-5-4-11(15)10-13(12)16/h4-5,10,14,18-19H,2-3,6-9H2,1H3. The van der Waals surface area contributed by atoms with Gasteiger partial charge in [0.25, 0.3) is 0 Å². The lowest BCUT2D eigenvalue weighted by molar-refractivity contribution is 0.140. The molecule has 0 fully saturated rings. The molecule has 0 spiro atoms. The number of benzene rings is 1. The highest BCUT2D eigenvalue weighted by Gasteiger charge is 2.13. The summed E-state index contributed by atoms with van der Waals surface area (Å²) in [5.41, 5.74) is 0.767. The molecule has 0 aliphatic carbocycles. The molecule has 5 heteroatoms. The molecule has 19 heavy (non-hydrogen) atoms. The Morgan fingerprint density at radius 3 is 2.68 bits per heavy atom. The quantitative estimate of drug-likeness (QED) is 0.756. The summed E-state index contributed by atoms with van der Waals surface area (Å²) in [4.78, 5) is 2.21. The molecule has 0 heterocycles. The first-order valence-electron chi connectivity index (χ1n) is 6.54. The Bertz CT molecular complexity index is 390. The largest absolute Gasteiger partial charge is 0.396 e. The fourth-order valence-corrected chi connectivity index (χ4v) is 2.75.